The van der Waals surface area contributed by atoms with Crippen LogP contribution in [0.25, 0.3) is 0 Å². The maximum atomic E-state index is 9.87. The third-order valence-corrected chi connectivity index (χ3v) is 0.722. The third kappa shape index (κ3) is 3.23. The van der Waals surface area contributed by atoms with E-state index in [-0.39, 0.29) is 12.0 Å². The van der Waals surface area contributed by atoms with Crippen molar-refractivity contribution >= 4 is 5.97 Å². The Balaban J connectivity index is 4.07. The highest BCUT2D eigenvalue weighted by Crippen LogP contribution is 1.91. The number of rotatable bonds is 2. The number of hydrogen-bond acceptors (Lipinski definition) is 3. The van der Waals surface area contributed by atoms with Crippen molar-refractivity contribution in [2.45, 2.75) is 6.42 Å². The summed E-state index contributed by atoms with van der Waals surface area (Å²) in [6.45, 7) is 0. The van der Waals surface area contributed by atoms with Crippen LogP contribution in [0.3, 0.4) is 0 Å². The average molecular weight is 136 g/mol. The Kier molecular flexibility index (Phi) is 3.36. The summed E-state index contributed by atoms with van der Waals surface area (Å²) >= 11 is 0. The predicted octanol–water partition coefficient (Wildman–Crippen LogP) is 0.435. The molecule has 0 aromatic rings. The van der Waals surface area contributed by atoms with Crippen molar-refractivity contribution in [3.8, 4) is 12.1 Å². The fourth-order valence-corrected chi connectivity index (χ4v) is 0.306. The molecule has 0 unspecified atom stereocenters. The zero-order valence-electron chi connectivity index (χ0n) is 5.03. The van der Waals surface area contributed by atoms with Gasteiger partial charge in [0.15, 0.2) is 0 Å². The molecule has 10 heavy (non-hydrogen) atoms. The quantitative estimate of drug-likeness (QED) is 0.558. The summed E-state index contributed by atoms with van der Waals surface area (Å²) in [5, 5.41) is 24.3. The first-order valence-corrected chi connectivity index (χ1v) is 2.43. The van der Waals surface area contributed by atoms with Crippen LogP contribution in [-0.4, -0.2) is 11.1 Å². The van der Waals surface area contributed by atoms with Crippen molar-refractivity contribution in [1.29, 1.82) is 10.5 Å². The first-order chi connectivity index (χ1) is 4.70. The van der Waals surface area contributed by atoms with Crippen molar-refractivity contribution in [2.75, 3.05) is 0 Å². The van der Waals surface area contributed by atoms with Gasteiger partial charge in [-0.25, -0.2) is 0 Å². The van der Waals surface area contributed by atoms with Crippen LogP contribution in [-0.2, 0) is 4.79 Å². The first-order valence-electron chi connectivity index (χ1n) is 2.43. The molecular weight excluding hydrogens is 132 g/mol. The maximum Gasteiger partial charge on any atom is 0.307 e. The number of hydrogen-bond donors (Lipinski definition) is 1. The zero-order valence-corrected chi connectivity index (χ0v) is 5.03. The van der Waals surface area contributed by atoms with E-state index in [0.717, 1.165) is 6.08 Å². The second-order valence-electron chi connectivity index (χ2n) is 1.44. The molecule has 0 aromatic heterocycles. The molecule has 0 saturated carbocycles. The summed E-state index contributed by atoms with van der Waals surface area (Å²) in [6.07, 6.45) is 0.790. The van der Waals surface area contributed by atoms with Gasteiger partial charge in [-0.3, -0.25) is 4.79 Å². The molecule has 0 aliphatic heterocycles. The smallest absolute Gasteiger partial charge is 0.307 e. The Morgan fingerprint density at radius 1 is 1.50 bits per heavy atom. The fraction of sp³-hybridized carbons (Fsp3) is 0.167. The normalized spacial score (nSPS) is 7.00. The Morgan fingerprint density at radius 3 is 2.30 bits per heavy atom. The average Bonchev–Trinajstić information content (AvgIpc) is 1.90. The summed E-state index contributed by atoms with van der Waals surface area (Å²) in [7, 11) is 0. The topological polar surface area (TPSA) is 84.9 Å². The highest BCUT2D eigenvalue weighted by atomic mass is 16.4. The van der Waals surface area contributed by atoms with Gasteiger partial charge in [0, 0.05) is 0 Å². The van der Waals surface area contributed by atoms with E-state index < -0.39 is 5.97 Å². The fourth-order valence-electron chi connectivity index (χ4n) is 0.306. The van der Waals surface area contributed by atoms with Gasteiger partial charge in [-0.05, 0) is 6.08 Å². The molecule has 4 heteroatoms. The van der Waals surface area contributed by atoms with Crippen LogP contribution < -0.4 is 0 Å². The minimum absolute atomic E-state index is 0.164. The van der Waals surface area contributed by atoms with E-state index in [1.807, 2.05) is 0 Å². The van der Waals surface area contributed by atoms with Crippen molar-refractivity contribution in [3.63, 3.8) is 0 Å². The number of carboxylic acids is 1. The van der Waals surface area contributed by atoms with E-state index in [1.165, 1.54) is 0 Å². The lowest BCUT2D eigenvalue weighted by molar-refractivity contribution is -0.136. The number of nitrogens with zero attached hydrogens (tertiary/aromatic N) is 2. The predicted molar refractivity (Wildman–Crippen MR) is 31.6 cm³/mol. The summed E-state index contributed by atoms with van der Waals surface area (Å²) in [4.78, 5) is 9.87. The molecule has 1 N–H and O–H groups in total. The Morgan fingerprint density at radius 2 is 2.00 bits per heavy atom. The first kappa shape index (κ1) is 8.19. The molecule has 0 amide bonds. The van der Waals surface area contributed by atoms with Crippen LogP contribution in [0.15, 0.2) is 11.6 Å². The minimum Gasteiger partial charge on any atom is -0.481 e. The maximum absolute atomic E-state index is 9.87. The molecule has 0 spiro atoms. The highest BCUT2D eigenvalue weighted by molar-refractivity contribution is 5.69. The Labute approximate surface area is 57.6 Å². The number of allylic oxidation sites excluding steroid dienone is 1. The molecule has 0 bridgehead atoms. The second-order valence-corrected chi connectivity index (χ2v) is 1.44. The minimum atomic E-state index is -1.05. The molecule has 50 valence electrons. The summed E-state index contributed by atoms with van der Waals surface area (Å²) in [5.74, 6) is -1.05. The molecule has 0 fully saturated rings. The standard InChI is InChI=1S/C6H4N2O2/c7-3-5(4-8)1-2-6(9)10/h1H,2H2,(H,9,10). The van der Waals surface area contributed by atoms with Gasteiger partial charge < -0.3 is 5.11 Å². The summed E-state index contributed by atoms with van der Waals surface area (Å²) < 4.78 is 0. The van der Waals surface area contributed by atoms with Crippen molar-refractivity contribution in [1.82, 2.24) is 0 Å². The lowest BCUT2D eigenvalue weighted by Crippen LogP contribution is -1.90. The second kappa shape index (κ2) is 4.11. The van der Waals surface area contributed by atoms with E-state index in [1.54, 1.807) is 12.1 Å². The van der Waals surface area contributed by atoms with Gasteiger partial charge in [0.25, 0.3) is 0 Å². The number of carbonyl (C=O) groups is 1. The van der Waals surface area contributed by atoms with Crippen molar-refractivity contribution in [2.24, 2.45) is 0 Å². The zero-order chi connectivity index (χ0) is 7.98. The van der Waals surface area contributed by atoms with Gasteiger partial charge in [-0.2, -0.15) is 10.5 Å². The van der Waals surface area contributed by atoms with Gasteiger partial charge in [0.2, 0.25) is 0 Å². The van der Waals surface area contributed by atoms with Crippen LogP contribution >= 0.6 is 0 Å². The molecule has 0 aliphatic carbocycles. The number of carboxylic acid groups (broad SMARTS) is 1. The van der Waals surface area contributed by atoms with E-state index in [9.17, 15) is 4.79 Å². The third-order valence-electron chi connectivity index (χ3n) is 0.722. The summed E-state index contributed by atoms with van der Waals surface area (Å²) in [6, 6.07) is 3.09. The monoisotopic (exact) mass is 136 g/mol. The van der Waals surface area contributed by atoms with Crippen LogP contribution in [0.5, 0.6) is 0 Å². The largest absolute Gasteiger partial charge is 0.481 e. The van der Waals surface area contributed by atoms with E-state index in [2.05, 4.69) is 0 Å². The van der Waals surface area contributed by atoms with Crippen LogP contribution in [0.4, 0.5) is 0 Å². The molecule has 0 saturated heterocycles. The van der Waals surface area contributed by atoms with E-state index in [4.69, 9.17) is 15.6 Å². The van der Waals surface area contributed by atoms with E-state index in [0.29, 0.717) is 0 Å². The molecule has 0 aliphatic rings. The number of aliphatic carboxylic acids is 1. The lowest BCUT2D eigenvalue weighted by Gasteiger charge is -1.80. The van der Waals surface area contributed by atoms with Crippen molar-refractivity contribution in [3.05, 3.63) is 11.6 Å². The van der Waals surface area contributed by atoms with Crippen LogP contribution in [0, 0.1) is 22.7 Å². The van der Waals surface area contributed by atoms with Crippen LogP contribution in [0.2, 0.25) is 0 Å². The Hall–Kier alpha value is -1.81. The van der Waals surface area contributed by atoms with Gasteiger partial charge in [0.05, 0.1) is 6.42 Å². The molecule has 0 aromatic carbocycles. The molecule has 0 heterocycles. The summed E-state index contributed by atoms with van der Waals surface area (Å²) in [5.41, 5.74) is -0.164. The van der Waals surface area contributed by atoms with E-state index >= 15 is 0 Å². The van der Waals surface area contributed by atoms with Gasteiger partial charge in [-0.1, -0.05) is 0 Å². The van der Waals surface area contributed by atoms with Crippen molar-refractivity contribution < 1.29 is 9.90 Å². The van der Waals surface area contributed by atoms with Gasteiger partial charge in [0.1, 0.15) is 17.7 Å². The molecule has 0 radical (unpaired) electrons. The molecule has 0 atom stereocenters. The highest BCUT2D eigenvalue weighted by Gasteiger charge is 1.94. The molecule has 0 rings (SSSR count). The number of nitriles is 2. The molecular formula is C6H4N2O2. The van der Waals surface area contributed by atoms with Gasteiger partial charge in [-0.15, -0.1) is 0 Å². The lowest BCUT2D eigenvalue weighted by atomic mass is 10.2. The van der Waals surface area contributed by atoms with Gasteiger partial charge >= 0.3 is 5.97 Å². The Bertz CT molecular complexity index is 225. The SMILES string of the molecule is N#CC(C#N)=CCC(=O)O. The molecule has 4 nitrogen and oxygen atoms in total. The van der Waals surface area contributed by atoms with Crippen LogP contribution in [0.1, 0.15) is 6.42 Å².